The predicted octanol–water partition coefficient (Wildman–Crippen LogP) is 1.51. The van der Waals surface area contributed by atoms with E-state index in [2.05, 4.69) is 10.5 Å². The van der Waals surface area contributed by atoms with E-state index in [0.29, 0.717) is 30.5 Å². The Hall–Kier alpha value is -2.90. The van der Waals surface area contributed by atoms with Gasteiger partial charge < -0.3 is 15.6 Å². The monoisotopic (exact) mass is 333 g/mol. The molecule has 128 valence electrons. The minimum Gasteiger partial charge on any atom is -0.481 e. The summed E-state index contributed by atoms with van der Waals surface area (Å²) in [6.07, 6.45) is 0.719. The normalized spacial score (nSPS) is 21.9. The average molecular weight is 333 g/mol. The van der Waals surface area contributed by atoms with Gasteiger partial charge >= 0.3 is 18.0 Å². The molecular weight excluding hydrogens is 314 g/mol. The molecule has 0 radical (unpaired) electrons. The van der Waals surface area contributed by atoms with Crippen molar-refractivity contribution in [3.8, 4) is 0 Å². The summed E-state index contributed by atoms with van der Waals surface area (Å²) in [5, 5.41) is 12.9. The van der Waals surface area contributed by atoms with Crippen molar-refractivity contribution in [3.63, 3.8) is 0 Å². The molecule has 0 spiro atoms. The molecule has 0 aromatic heterocycles. The van der Waals surface area contributed by atoms with Gasteiger partial charge in [0.05, 0.1) is 12.0 Å². The van der Waals surface area contributed by atoms with Crippen LogP contribution in [0.3, 0.4) is 0 Å². The highest BCUT2D eigenvalue weighted by Gasteiger charge is 2.31. The first-order chi connectivity index (χ1) is 11.5. The summed E-state index contributed by atoms with van der Waals surface area (Å²) in [6.45, 7) is 0. The number of carboxylic acids is 1. The number of amides is 2. The van der Waals surface area contributed by atoms with Crippen LogP contribution < -0.4 is 11.2 Å². The van der Waals surface area contributed by atoms with Gasteiger partial charge in [-0.25, -0.2) is 15.0 Å². The van der Waals surface area contributed by atoms with Crippen LogP contribution in [-0.4, -0.2) is 34.9 Å². The highest BCUT2D eigenvalue weighted by Crippen LogP contribution is 2.27. The topological polar surface area (TPSA) is 131 Å². The van der Waals surface area contributed by atoms with Crippen molar-refractivity contribution in [2.75, 3.05) is 0 Å². The Kier molecular flexibility index (Phi) is 5.89. The van der Waals surface area contributed by atoms with Crippen LogP contribution in [0, 0.1) is 5.92 Å². The summed E-state index contributed by atoms with van der Waals surface area (Å²) < 4.78 is 5.46. The number of aliphatic carboxylic acids is 1. The number of urea groups is 1. The van der Waals surface area contributed by atoms with Crippen molar-refractivity contribution in [1.82, 2.24) is 5.43 Å². The number of hydrogen-bond donors (Lipinski definition) is 3. The van der Waals surface area contributed by atoms with E-state index in [0.717, 1.165) is 0 Å². The first kappa shape index (κ1) is 17.5. The van der Waals surface area contributed by atoms with E-state index in [4.69, 9.17) is 15.6 Å². The number of nitrogens with one attached hydrogen (secondary N) is 1. The SMILES string of the molecule is NC(=O)N/N=C1\CC[C@H](OC(=O)c2ccccc2)C[C@H]1CC(=O)O. The van der Waals surface area contributed by atoms with Crippen molar-refractivity contribution in [1.29, 1.82) is 0 Å². The maximum atomic E-state index is 12.1. The van der Waals surface area contributed by atoms with Crippen molar-refractivity contribution < 1.29 is 24.2 Å². The molecule has 1 aliphatic rings. The largest absolute Gasteiger partial charge is 0.481 e. The lowest BCUT2D eigenvalue weighted by molar-refractivity contribution is -0.137. The van der Waals surface area contributed by atoms with Gasteiger partial charge in [0.15, 0.2) is 0 Å². The Morgan fingerprint density at radius 1 is 1.29 bits per heavy atom. The van der Waals surface area contributed by atoms with Gasteiger partial charge in [-0.15, -0.1) is 0 Å². The van der Waals surface area contributed by atoms with Gasteiger partial charge in [-0.05, 0) is 31.4 Å². The number of benzene rings is 1. The zero-order valence-corrected chi connectivity index (χ0v) is 13.0. The van der Waals surface area contributed by atoms with Crippen molar-refractivity contribution >= 4 is 23.7 Å². The lowest BCUT2D eigenvalue weighted by Gasteiger charge is -2.29. The van der Waals surface area contributed by atoms with Crippen molar-refractivity contribution in [2.24, 2.45) is 16.8 Å². The van der Waals surface area contributed by atoms with Crippen LogP contribution in [0.15, 0.2) is 35.4 Å². The molecule has 4 N–H and O–H groups in total. The molecule has 0 unspecified atom stereocenters. The van der Waals surface area contributed by atoms with E-state index in [1.54, 1.807) is 30.3 Å². The maximum Gasteiger partial charge on any atom is 0.338 e. The highest BCUT2D eigenvalue weighted by molar-refractivity contribution is 5.92. The molecule has 0 heterocycles. The number of rotatable bonds is 5. The number of nitrogens with two attached hydrogens (primary N) is 1. The number of nitrogens with zero attached hydrogens (tertiary/aromatic N) is 1. The molecule has 0 bridgehead atoms. The summed E-state index contributed by atoms with van der Waals surface area (Å²) in [5.74, 6) is -1.84. The first-order valence-corrected chi connectivity index (χ1v) is 7.55. The van der Waals surface area contributed by atoms with Crippen LogP contribution in [-0.2, 0) is 9.53 Å². The molecule has 24 heavy (non-hydrogen) atoms. The number of primary amides is 1. The number of ether oxygens (including phenoxy) is 1. The Morgan fingerprint density at radius 3 is 2.62 bits per heavy atom. The van der Waals surface area contributed by atoms with E-state index < -0.39 is 30.0 Å². The number of carbonyl (C=O) groups is 3. The molecule has 1 fully saturated rings. The molecule has 8 heteroatoms. The van der Waals surface area contributed by atoms with E-state index in [9.17, 15) is 14.4 Å². The van der Waals surface area contributed by atoms with E-state index >= 15 is 0 Å². The Labute approximate surface area is 138 Å². The summed E-state index contributed by atoms with van der Waals surface area (Å²) in [5.41, 5.74) is 8.09. The number of hydrazone groups is 1. The molecule has 2 amide bonds. The summed E-state index contributed by atoms with van der Waals surface area (Å²) in [6, 6.07) is 7.78. The lowest BCUT2D eigenvalue weighted by Crippen LogP contribution is -2.35. The molecule has 1 aromatic rings. The zero-order chi connectivity index (χ0) is 17.5. The molecule has 1 saturated carbocycles. The molecular formula is C16H19N3O5. The molecule has 0 saturated heterocycles. The van der Waals surface area contributed by atoms with Gasteiger partial charge in [-0.2, -0.15) is 5.10 Å². The second kappa shape index (κ2) is 8.09. The van der Waals surface area contributed by atoms with Crippen LogP contribution in [0.2, 0.25) is 0 Å². The molecule has 2 rings (SSSR count). The van der Waals surface area contributed by atoms with Crippen LogP contribution in [0.25, 0.3) is 0 Å². The second-order valence-electron chi connectivity index (χ2n) is 5.54. The minimum atomic E-state index is -0.984. The third-order valence-electron chi connectivity index (χ3n) is 3.76. The number of esters is 1. The van der Waals surface area contributed by atoms with Gasteiger partial charge in [-0.3, -0.25) is 4.79 Å². The predicted molar refractivity (Wildman–Crippen MR) is 85.4 cm³/mol. The molecule has 0 aliphatic heterocycles. The van der Waals surface area contributed by atoms with Crippen molar-refractivity contribution in [2.45, 2.75) is 31.8 Å². The molecule has 1 aromatic carbocycles. The zero-order valence-electron chi connectivity index (χ0n) is 13.0. The fourth-order valence-corrected chi connectivity index (χ4v) is 2.67. The number of hydrogen-bond acceptors (Lipinski definition) is 5. The van der Waals surface area contributed by atoms with Gasteiger partial charge in [0.25, 0.3) is 0 Å². The Bertz CT molecular complexity index is 644. The van der Waals surface area contributed by atoms with Crippen LogP contribution in [0.1, 0.15) is 36.0 Å². The molecule has 8 nitrogen and oxygen atoms in total. The summed E-state index contributed by atoms with van der Waals surface area (Å²) in [7, 11) is 0. The Balaban J connectivity index is 2.02. The minimum absolute atomic E-state index is 0.154. The third kappa shape index (κ3) is 5.08. The number of carboxylic acid groups (broad SMARTS) is 1. The van der Waals surface area contributed by atoms with E-state index in [-0.39, 0.29) is 6.42 Å². The lowest BCUT2D eigenvalue weighted by atomic mass is 9.83. The highest BCUT2D eigenvalue weighted by atomic mass is 16.5. The quantitative estimate of drug-likeness (QED) is 0.555. The third-order valence-corrected chi connectivity index (χ3v) is 3.76. The van der Waals surface area contributed by atoms with Gasteiger partial charge in [0, 0.05) is 11.6 Å². The fourth-order valence-electron chi connectivity index (χ4n) is 2.67. The number of carbonyl (C=O) groups excluding carboxylic acids is 2. The van der Waals surface area contributed by atoms with Crippen LogP contribution in [0.5, 0.6) is 0 Å². The first-order valence-electron chi connectivity index (χ1n) is 7.55. The van der Waals surface area contributed by atoms with Gasteiger partial charge in [0.2, 0.25) is 0 Å². The average Bonchev–Trinajstić information content (AvgIpc) is 2.54. The molecule has 1 aliphatic carbocycles. The van der Waals surface area contributed by atoms with E-state index in [1.165, 1.54) is 0 Å². The molecule has 2 atom stereocenters. The van der Waals surface area contributed by atoms with Gasteiger partial charge in [-0.1, -0.05) is 18.2 Å². The van der Waals surface area contributed by atoms with Crippen LogP contribution in [0.4, 0.5) is 4.79 Å². The summed E-state index contributed by atoms with van der Waals surface area (Å²) >= 11 is 0. The Morgan fingerprint density at radius 2 is 2.00 bits per heavy atom. The van der Waals surface area contributed by atoms with E-state index in [1.807, 2.05) is 0 Å². The maximum absolute atomic E-state index is 12.1. The van der Waals surface area contributed by atoms with Crippen molar-refractivity contribution in [3.05, 3.63) is 35.9 Å². The summed E-state index contributed by atoms with van der Waals surface area (Å²) in [4.78, 5) is 33.9. The fraction of sp³-hybridized carbons (Fsp3) is 0.375. The smallest absolute Gasteiger partial charge is 0.338 e. The standard InChI is InChI=1S/C16H19N3O5/c17-16(23)19-18-13-7-6-12(8-11(13)9-14(20)21)24-15(22)10-4-2-1-3-5-10/h1-5,11-12H,6-9H2,(H,20,21)(H3,17,19,23)/b18-13+/t11-,12-/m0/s1. The van der Waals surface area contributed by atoms with Gasteiger partial charge in [0.1, 0.15) is 6.10 Å². The van der Waals surface area contributed by atoms with Crippen LogP contribution >= 0.6 is 0 Å². The second-order valence-corrected chi connectivity index (χ2v) is 5.54.